The molecule has 0 N–H and O–H groups in total. The Labute approximate surface area is 275 Å². The molecule has 0 unspecified atom stereocenters. The third-order valence-electron chi connectivity index (χ3n) is 5.99. The lowest BCUT2D eigenvalue weighted by Gasteiger charge is -2.06. The second kappa shape index (κ2) is 11.4. The van der Waals surface area contributed by atoms with E-state index in [4.69, 9.17) is 20.0 Å². The van der Waals surface area contributed by atoms with E-state index in [1.807, 2.05) is 0 Å². The smallest absolute Gasteiger partial charge is 0.199 e. The molecule has 2 aliphatic heterocycles. The Balaban J connectivity index is 1.53. The van der Waals surface area contributed by atoms with Crippen LogP contribution in [0.1, 0.15) is 22.3 Å². The van der Waals surface area contributed by atoms with E-state index in [-0.39, 0.29) is 0 Å². The molecule has 4 nitrogen and oxygen atoms in total. The highest BCUT2D eigenvalue weighted by Crippen LogP contribution is 2.29. The van der Waals surface area contributed by atoms with Crippen molar-refractivity contribution in [3.63, 3.8) is 0 Å². The van der Waals surface area contributed by atoms with Gasteiger partial charge in [-0.05, 0) is 139 Å². The third-order valence-corrected chi connectivity index (χ3v) is 8.87. The van der Waals surface area contributed by atoms with Gasteiger partial charge >= 0.3 is 0 Å². The quantitative estimate of drug-likeness (QED) is 0.185. The Kier molecular flexibility index (Phi) is 7.91. The zero-order valence-corrected chi connectivity index (χ0v) is 28.2. The molecule has 0 fully saturated rings. The van der Waals surface area contributed by atoms with Crippen LogP contribution in [0.4, 0.5) is 0 Å². The molecule has 0 aliphatic carbocycles. The molecule has 0 atom stereocenters. The van der Waals surface area contributed by atoms with Crippen molar-refractivity contribution < 1.29 is 0 Å². The van der Waals surface area contributed by atoms with Gasteiger partial charge in [0.2, 0.25) is 0 Å². The molecule has 8 heteroatoms. The Hall–Kier alpha value is -1.78. The van der Waals surface area contributed by atoms with Gasteiger partial charge in [-0.1, -0.05) is 48.5 Å². The van der Waals surface area contributed by atoms with Crippen molar-refractivity contribution in [3.05, 3.63) is 145 Å². The Bertz CT molecular complexity index is 1440. The Morgan fingerprint density at radius 1 is 0.289 bits per heavy atom. The fourth-order valence-corrected chi connectivity index (χ4v) is 5.56. The van der Waals surface area contributed by atoms with Crippen molar-refractivity contribution in [2.45, 2.75) is 0 Å². The van der Waals surface area contributed by atoms with E-state index in [1.165, 1.54) is 14.3 Å². The number of hydrogen-bond donors (Lipinski definition) is 0. The first kappa shape index (κ1) is 26.4. The van der Waals surface area contributed by atoms with Crippen LogP contribution in [-0.4, -0.2) is 22.8 Å². The first-order valence-electron chi connectivity index (χ1n) is 11.6. The summed E-state index contributed by atoms with van der Waals surface area (Å²) in [6, 6.07) is 33.4. The van der Waals surface area contributed by atoms with Gasteiger partial charge in [0.25, 0.3) is 0 Å². The summed E-state index contributed by atoms with van der Waals surface area (Å²) in [6.45, 7) is 0. The van der Waals surface area contributed by atoms with E-state index in [2.05, 4.69) is 187 Å². The number of hydrogen-bond acceptors (Lipinski definition) is 4. The summed E-state index contributed by atoms with van der Waals surface area (Å²) in [5.41, 5.74) is 7.37. The van der Waals surface area contributed by atoms with Crippen molar-refractivity contribution in [1.29, 1.82) is 0 Å². The molecule has 38 heavy (non-hydrogen) atoms. The van der Waals surface area contributed by atoms with Crippen LogP contribution in [0, 0.1) is 14.3 Å². The van der Waals surface area contributed by atoms with Gasteiger partial charge in [-0.25, -0.2) is 20.0 Å². The molecule has 2 aliphatic rings. The van der Waals surface area contributed by atoms with Crippen LogP contribution in [0.3, 0.4) is 0 Å². The number of halogens is 4. The van der Waals surface area contributed by atoms with E-state index in [1.54, 1.807) is 0 Å². The third kappa shape index (κ3) is 5.59. The van der Waals surface area contributed by atoms with Crippen LogP contribution in [0.25, 0.3) is 0 Å². The number of benzene rings is 4. The summed E-state index contributed by atoms with van der Waals surface area (Å²) in [6.07, 6.45) is 0. The summed E-state index contributed by atoms with van der Waals surface area (Å²) in [5.74, 6) is 1.05. The molecule has 4 aromatic carbocycles. The van der Waals surface area contributed by atoms with Crippen molar-refractivity contribution in [3.8, 4) is 0 Å². The highest BCUT2D eigenvalue weighted by atomic mass is 127. The van der Waals surface area contributed by atoms with Crippen molar-refractivity contribution >= 4 is 113 Å². The number of rotatable bonds is 4. The second-order valence-electron chi connectivity index (χ2n) is 8.52. The molecule has 0 aromatic heterocycles. The molecule has 184 valence electrons. The summed E-state index contributed by atoms with van der Waals surface area (Å²) in [7, 11) is 0. The van der Waals surface area contributed by atoms with Crippen molar-refractivity contribution in [2.75, 3.05) is 0 Å². The first-order chi connectivity index (χ1) is 18.4. The highest BCUT2D eigenvalue weighted by Gasteiger charge is 2.27. The lowest BCUT2D eigenvalue weighted by Crippen LogP contribution is -2.13. The van der Waals surface area contributed by atoms with Gasteiger partial charge in [-0.15, -0.1) is 0 Å². The summed E-state index contributed by atoms with van der Waals surface area (Å²) in [4.78, 5) is 20.0. The van der Waals surface area contributed by atoms with Gasteiger partial charge < -0.3 is 0 Å². The second-order valence-corrected chi connectivity index (χ2v) is 13.5. The predicted octanol–water partition coefficient (Wildman–Crippen LogP) is 8.52. The van der Waals surface area contributed by atoms with E-state index in [9.17, 15) is 0 Å². The zero-order valence-electron chi connectivity index (χ0n) is 19.5. The topological polar surface area (TPSA) is 49.4 Å². The van der Waals surface area contributed by atoms with E-state index in [0.717, 1.165) is 45.1 Å². The van der Waals surface area contributed by atoms with Crippen LogP contribution in [0.2, 0.25) is 0 Å². The van der Waals surface area contributed by atoms with E-state index in [0.29, 0.717) is 11.6 Å². The normalized spacial score (nSPS) is 14.8. The van der Waals surface area contributed by atoms with Gasteiger partial charge in [0.05, 0.1) is 22.8 Å². The van der Waals surface area contributed by atoms with Crippen molar-refractivity contribution in [2.24, 2.45) is 20.0 Å². The fourth-order valence-electron chi connectivity index (χ4n) is 4.12. The molecule has 0 spiro atoms. The first-order valence-corrected chi connectivity index (χ1v) is 15.9. The van der Waals surface area contributed by atoms with Gasteiger partial charge in [0.1, 0.15) is 0 Å². The van der Waals surface area contributed by atoms with Crippen LogP contribution in [0.5, 0.6) is 0 Å². The Morgan fingerprint density at radius 3 is 0.658 bits per heavy atom. The van der Waals surface area contributed by atoms with Crippen LogP contribution in [-0.2, 0) is 0 Å². The van der Waals surface area contributed by atoms with E-state index < -0.39 is 0 Å². The molecule has 0 radical (unpaired) electrons. The minimum Gasteiger partial charge on any atom is -0.223 e. The molecule has 2 heterocycles. The molecular formula is C30H16I4N4. The summed E-state index contributed by atoms with van der Waals surface area (Å²) < 4.78 is 4.69. The molecule has 0 amide bonds. The average molecular weight is 940 g/mol. The summed E-state index contributed by atoms with van der Waals surface area (Å²) in [5, 5.41) is 0. The van der Waals surface area contributed by atoms with Crippen LogP contribution in [0.15, 0.2) is 129 Å². The maximum absolute atomic E-state index is 5.01. The monoisotopic (exact) mass is 940 g/mol. The maximum Gasteiger partial charge on any atom is 0.199 e. The zero-order chi connectivity index (χ0) is 26.2. The molecule has 0 saturated carbocycles. The highest BCUT2D eigenvalue weighted by molar-refractivity contribution is 14.1. The molecule has 0 bridgehead atoms. The van der Waals surface area contributed by atoms with Gasteiger partial charge in [0, 0.05) is 36.5 Å². The molecule has 6 rings (SSSR count). The van der Waals surface area contributed by atoms with Crippen molar-refractivity contribution in [1.82, 2.24) is 0 Å². The Morgan fingerprint density at radius 2 is 0.474 bits per heavy atom. The van der Waals surface area contributed by atoms with E-state index >= 15 is 0 Å². The number of nitrogens with zero attached hydrogens (tertiary/aromatic N) is 4. The van der Waals surface area contributed by atoms with Crippen LogP contribution >= 0.6 is 90.4 Å². The average Bonchev–Trinajstić information content (AvgIpc) is 3.56. The largest absolute Gasteiger partial charge is 0.223 e. The standard InChI is InChI=1S/C30H16I4N4/c31-21-9-1-17(2-10-21)25-26(18-3-11-22(32)12-4-18)36-29(35-25)30-37-27(19-5-13-23(33)14-6-19)28(38-30)20-7-15-24(34)16-8-20/h1-16H. The number of aliphatic imine (C=N–C) groups is 4. The molecular weight excluding hydrogens is 924 g/mol. The SMILES string of the molecule is Ic1ccc(C2=NC(=C3N=C(c4ccc(I)cc4)C(c4ccc(I)cc4)=N3)N=C2c2ccc(I)cc2)cc1. The van der Waals surface area contributed by atoms with Gasteiger partial charge in [0.15, 0.2) is 11.6 Å². The lowest BCUT2D eigenvalue weighted by molar-refractivity contribution is 1.12. The van der Waals surface area contributed by atoms with Gasteiger partial charge in [-0.3, -0.25) is 0 Å². The summed E-state index contributed by atoms with van der Waals surface area (Å²) >= 11 is 9.27. The predicted molar refractivity (Wildman–Crippen MR) is 190 cm³/mol. The van der Waals surface area contributed by atoms with Crippen LogP contribution < -0.4 is 0 Å². The maximum atomic E-state index is 5.01. The minimum atomic E-state index is 0.524. The molecule has 4 aromatic rings. The fraction of sp³-hybridized carbons (Fsp3) is 0. The lowest BCUT2D eigenvalue weighted by atomic mass is 10.0. The minimum absolute atomic E-state index is 0.524. The van der Waals surface area contributed by atoms with Gasteiger partial charge in [-0.2, -0.15) is 0 Å². The molecule has 0 saturated heterocycles.